The summed E-state index contributed by atoms with van der Waals surface area (Å²) in [6.07, 6.45) is 5.02. The van der Waals surface area contributed by atoms with Crippen molar-refractivity contribution in [2.75, 3.05) is 19.6 Å². The molecule has 3 heteroatoms. The Morgan fingerprint density at radius 2 is 1.86 bits per heavy atom. The number of hydrogen-bond acceptors (Lipinski definition) is 3. The van der Waals surface area contributed by atoms with Crippen LogP contribution in [0.25, 0.3) is 0 Å². The molecule has 2 aliphatic rings. The summed E-state index contributed by atoms with van der Waals surface area (Å²) >= 11 is 0. The molecule has 1 saturated heterocycles. The molecule has 1 aliphatic carbocycles. The first-order valence-electron chi connectivity index (χ1n) is 6.02. The molecule has 0 aromatic heterocycles. The first-order valence-corrected chi connectivity index (χ1v) is 6.02. The molecule has 1 saturated carbocycles. The third-order valence-electron chi connectivity index (χ3n) is 3.68. The molecular formula is C11H23N3. The van der Waals surface area contributed by atoms with E-state index in [1.807, 2.05) is 0 Å². The first-order chi connectivity index (χ1) is 6.78. The van der Waals surface area contributed by atoms with Crippen LogP contribution in [0.5, 0.6) is 0 Å². The summed E-state index contributed by atoms with van der Waals surface area (Å²) < 4.78 is 0. The van der Waals surface area contributed by atoms with Gasteiger partial charge in [0, 0.05) is 18.1 Å². The molecule has 0 amide bonds. The van der Waals surface area contributed by atoms with Crippen molar-refractivity contribution >= 4 is 0 Å². The van der Waals surface area contributed by atoms with Crippen LogP contribution in [0.3, 0.4) is 0 Å². The number of nitrogens with one attached hydrogen (secondary N) is 1. The lowest BCUT2D eigenvalue weighted by atomic mass is 9.86. The van der Waals surface area contributed by atoms with Crippen molar-refractivity contribution in [2.24, 2.45) is 5.73 Å². The molecule has 2 rings (SSSR count). The molecule has 0 aromatic carbocycles. The largest absolute Gasteiger partial charge is 0.328 e. The lowest BCUT2D eigenvalue weighted by molar-refractivity contribution is 0.177. The highest BCUT2D eigenvalue weighted by Crippen LogP contribution is 2.20. The summed E-state index contributed by atoms with van der Waals surface area (Å²) in [6, 6.07) is 1.96. The van der Waals surface area contributed by atoms with Gasteiger partial charge in [-0.1, -0.05) is 6.92 Å². The molecule has 0 aromatic rings. The van der Waals surface area contributed by atoms with Gasteiger partial charge in [0.25, 0.3) is 0 Å². The van der Waals surface area contributed by atoms with Crippen molar-refractivity contribution in [2.45, 2.75) is 50.7 Å². The van der Waals surface area contributed by atoms with E-state index in [-0.39, 0.29) is 0 Å². The van der Waals surface area contributed by atoms with Crippen LogP contribution in [0.4, 0.5) is 0 Å². The molecule has 3 N–H and O–H groups in total. The van der Waals surface area contributed by atoms with Gasteiger partial charge in [0.1, 0.15) is 0 Å². The van der Waals surface area contributed by atoms with E-state index in [4.69, 9.17) is 5.73 Å². The molecule has 14 heavy (non-hydrogen) atoms. The molecule has 0 radical (unpaired) electrons. The van der Waals surface area contributed by atoms with Crippen LogP contribution < -0.4 is 11.1 Å². The Morgan fingerprint density at radius 1 is 1.21 bits per heavy atom. The van der Waals surface area contributed by atoms with Crippen LogP contribution in [0, 0.1) is 0 Å². The van der Waals surface area contributed by atoms with Crippen LogP contribution in [0.15, 0.2) is 0 Å². The third-order valence-corrected chi connectivity index (χ3v) is 3.68. The van der Waals surface area contributed by atoms with Gasteiger partial charge in [-0.05, 0) is 45.3 Å². The number of hydrogen-bond donors (Lipinski definition) is 2. The molecule has 0 atom stereocenters. The Morgan fingerprint density at radius 3 is 2.36 bits per heavy atom. The lowest BCUT2D eigenvalue weighted by Crippen LogP contribution is -2.54. The molecule has 0 unspecified atom stereocenters. The van der Waals surface area contributed by atoms with E-state index < -0.39 is 0 Å². The minimum absolute atomic E-state index is 0.475. The normalized spacial score (nSPS) is 35.6. The molecule has 1 aliphatic heterocycles. The van der Waals surface area contributed by atoms with Gasteiger partial charge in [-0.15, -0.1) is 0 Å². The van der Waals surface area contributed by atoms with E-state index in [2.05, 4.69) is 17.1 Å². The number of nitrogens with two attached hydrogens (primary N) is 1. The summed E-state index contributed by atoms with van der Waals surface area (Å²) in [7, 11) is 0. The average Bonchev–Trinajstić information content (AvgIpc) is 2.17. The van der Waals surface area contributed by atoms with E-state index in [0.717, 1.165) is 12.1 Å². The Labute approximate surface area is 87.0 Å². The predicted molar refractivity (Wildman–Crippen MR) is 59.3 cm³/mol. The SMILES string of the molecule is CCN1CCC(NC2CC(N)C2)CC1. The zero-order chi connectivity index (χ0) is 9.97. The average molecular weight is 197 g/mol. The van der Waals surface area contributed by atoms with Crippen molar-refractivity contribution in [1.29, 1.82) is 0 Å². The van der Waals surface area contributed by atoms with E-state index in [0.29, 0.717) is 6.04 Å². The number of rotatable bonds is 3. The number of piperidine rings is 1. The Kier molecular flexibility index (Phi) is 3.42. The van der Waals surface area contributed by atoms with Gasteiger partial charge in [0.2, 0.25) is 0 Å². The smallest absolute Gasteiger partial charge is 0.00991 e. The maximum Gasteiger partial charge on any atom is 0.00991 e. The van der Waals surface area contributed by atoms with Crippen molar-refractivity contribution in [3.63, 3.8) is 0 Å². The van der Waals surface area contributed by atoms with E-state index >= 15 is 0 Å². The first kappa shape index (κ1) is 10.4. The number of nitrogens with zero attached hydrogens (tertiary/aromatic N) is 1. The van der Waals surface area contributed by atoms with Gasteiger partial charge < -0.3 is 16.0 Å². The van der Waals surface area contributed by atoms with Crippen molar-refractivity contribution in [3.05, 3.63) is 0 Å². The fraction of sp³-hybridized carbons (Fsp3) is 1.00. The van der Waals surface area contributed by atoms with Gasteiger partial charge >= 0.3 is 0 Å². The summed E-state index contributed by atoms with van der Waals surface area (Å²) in [5.41, 5.74) is 5.77. The highest BCUT2D eigenvalue weighted by Gasteiger charge is 2.28. The highest BCUT2D eigenvalue weighted by molar-refractivity contribution is 4.90. The van der Waals surface area contributed by atoms with Crippen molar-refractivity contribution < 1.29 is 0 Å². The Hall–Kier alpha value is -0.120. The minimum Gasteiger partial charge on any atom is -0.328 e. The van der Waals surface area contributed by atoms with Crippen LogP contribution in [0.1, 0.15) is 32.6 Å². The second kappa shape index (κ2) is 4.60. The highest BCUT2D eigenvalue weighted by atomic mass is 15.1. The minimum atomic E-state index is 0.475. The molecular weight excluding hydrogens is 174 g/mol. The maximum absolute atomic E-state index is 5.77. The zero-order valence-corrected chi connectivity index (χ0v) is 9.21. The van der Waals surface area contributed by atoms with Crippen LogP contribution >= 0.6 is 0 Å². The van der Waals surface area contributed by atoms with Gasteiger partial charge in [-0.3, -0.25) is 0 Å². The van der Waals surface area contributed by atoms with Crippen LogP contribution in [-0.2, 0) is 0 Å². The summed E-state index contributed by atoms with van der Waals surface area (Å²) in [4.78, 5) is 2.53. The monoisotopic (exact) mass is 197 g/mol. The molecule has 0 spiro atoms. The number of likely N-dealkylation sites (tertiary alicyclic amines) is 1. The van der Waals surface area contributed by atoms with E-state index in [9.17, 15) is 0 Å². The summed E-state index contributed by atoms with van der Waals surface area (Å²) in [6.45, 7) is 6.00. The van der Waals surface area contributed by atoms with Crippen LogP contribution in [-0.4, -0.2) is 42.7 Å². The van der Waals surface area contributed by atoms with Crippen molar-refractivity contribution in [3.8, 4) is 0 Å². The third kappa shape index (κ3) is 2.47. The molecule has 1 heterocycles. The Bertz CT molecular complexity index is 169. The van der Waals surface area contributed by atoms with Crippen LogP contribution in [0.2, 0.25) is 0 Å². The van der Waals surface area contributed by atoms with Gasteiger partial charge in [-0.2, -0.15) is 0 Å². The molecule has 3 nitrogen and oxygen atoms in total. The zero-order valence-electron chi connectivity index (χ0n) is 9.21. The van der Waals surface area contributed by atoms with Gasteiger partial charge in [-0.25, -0.2) is 0 Å². The maximum atomic E-state index is 5.77. The molecule has 2 fully saturated rings. The quantitative estimate of drug-likeness (QED) is 0.694. The molecule has 0 bridgehead atoms. The summed E-state index contributed by atoms with van der Waals surface area (Å²) in [5.74, 6) is 0. The van der Waals surface area contributed by atoms with Gasteiger partial charge in [0.15, 0.2) is 0 Å². The fourth-order valence-electron chi connectivity index (χ4n) is 2.55. The molecule has 82 valence electrons. The standard InChI is InChI=1S/C11H23N3/c1-2-14-5-3-10(4-6-14)13-11-7-9(12)8-11/h9-11,13H,2-8,12H2,1H3. The fourth-order valence-corrected chi connectivity index (χ4v) is 2.55. The predicted octanol–water partition coefficient (Wildman–Crippen LogP) is 0.550. The second-order valence-electron chi connectivity index (χ2n) is 4.80. The lowest BCUT2D eigenvalue weighted by Gasteiger charge is -2.39. The van der Waals surface area contributed by atoms with Crippen molar-refractivity contribution in [1.82, 2.24) is 10.2 Å². The second-order valence-corrected chi connectivity index (χ2v) is 4.80. The Balaban J connectivity index is 1.64. The van der Waals surface area contributed by atoms with E-state index in [1.165, 1.54) is 45.3 Å². The van der Waals surface area contributed by atoms with Gasteiger partial charge in [0.05, 0.1) is 0 Å². The topological polar surface area (TPSA) is 41.3 Å². The summed E-state index contributed by atoms with van der Waals surface area (Å²) in [5, 5.41) is 3.72. The van der Waals surface area contributed by atoms with E-state index in [1.54, 1.807) is 0 Å².